The molecule has 1 nitrogen and oxygen atoms in total. The van der Waals surface area contributed by atoms with Crippen molar-refractivity contribution in [1.82, 2.24) is 5.32 Å². The van der Waals surface area contributed by atoms with Crippen molar-refractivity contribution in [1.29, 1.82) is 0 Å². The maximum absolute atomic E-state index is 3.65. The maximum Gasteiger partial charge on any atom is 0.0134 e. The molecule has 0 amide bonds. The van der Waals surface area contributed by atoms with Crippen molar-refractivity contribution in [2.45, 2.75) is 25.8 Å². The van der Waals surface area contributed by atoms with Gasteiger partial charge in [-0.3, -0.25) is 0 Å². The van der Waals surface area contributed by atoms with Crippen molar-refractivity contribution in [3.8, 4) is 0 Å². The van der Waals surface area contributed by atoms with Gasteiger partial charge in [0, 0.05) is 12.6 Å². The second-order valence-electron chi connectivity index (χ2n) is 2.86. The van der Waals surface area contributed by atoms with Gasteiger partial charge in [-0.15, -0.1) is 6.58 Å². The van der Waals surface area contributed by atoms with Crippen molar-refractivity contribution in [2.75, 3.05) is 6.54 Å². The van der Waals surface area contributed by atoms with Gasteiger partial charge in [-0.05, 0) is 18.8 Å². The summed E-state index contributed by atoms with van der Waals surface area (Å²) in [6.07, 6.45) is 4.68. The van der Waals surface area contributed by atoms with E-state index >= 15 is 0 Å². The quantitative estimate of drug-likeness (QED) is 0.564. The van der Waals surface area contributed by atoms with E-state index in [1.165, 1.54) is 12.8 Å². The van der Waals surface area contributed by atoms with Crippen LogP contribution in [0.5, 0.6) is 0 Å². The van der Waals surface area contributed by atoms with Crippen LogP contribution < -0.4 is 5.32 Å². The molecule has 0 spiro atoms. The Morgan fingerprint density at radius 1 is 1.67 bits per heavy atom. The molecule has 0 unspecified atom stereocenters. The monoisotopic (exact) mass is 125 g/mol. The highest BCUT2D eigenvalue weighted by Gasteiger charge is 2.24. The van der Waals surface area contributed by atoms with E-state index in [0.29, 0.717) is 0 Å². The van der Waals surface area contributed by atoms with Gasteiger partial charge in [0.05, 0.1) is 0 Å². The second-order valence-corrected chi connectivity index (χ2v) is 2.86. The van der Waals surface area contributed by atoms with E-state index in [-0.39, 0.29) is 0 Å². The smallest absolute Gasteiger partial charge is 0.0134 e. The highest BCUT2D eigenvalue weighted by molar-refractivity contribution is 4.85. The summed E-state index contributed by atoms with van der Waals surface area (Å²) in [5.74, 6) is 0.893. The molecule has 9 heavy (non-hydrogen) atoms. The first-order valence-corrected chi connectivity index (χ1v) is 3.69. The highest BCUT2D eigenvalue weighted by Crippen LogP contribution is 2.25. The Labute approximate surface area is 57.1 Å². The van der Waals surface area contributed by atoms with Crippen LogP contribution in [-0.2, 0) is 0 Å². The van der Waals surface area contributed by atoms with E-state index in [4.69, 9.17) is 0 Å². The molecule has 0 aromatic heterocycles. The van der Waals surface area contributed by atoms with Gasteiger partial charge in [0.1, 0.15) is 0 Å². The lowest BCUT2D eigenvalue weighted by molar-refractivity contribution is 0.236. The molecule has 1 fully saturated rings. The highest BCUT2D eigenvalue weighted by atomic mass is 14.9. The summed E-state index contributed by atoms with van der Waals surface area (Å²) in [6.45, 7) is 6.92. The molecule has 1 rings (SSSR count). The summed E-state index contributed by atoms with van der Waals surface area (Å²) in [6, 6.07) is 0.781. The Morgan fingerprint density at radius 2 is 2.44 bits per heavy atom. The van der Waals surface area contributed by atoms with Crippen LogP contribution in [0.3, 0.4) is 0 Å². The standard InChI is InChI=1S/C8H15N/c1-3-6-9-8-5-4-7(8)2/h3,7-9H,1,4-6H2,2H3/t7-,8+/m0/s1. The molecule has 1 aliphatic carbocycles. The minimum atomic E-state index is 0.781. The minimum absolute atomic E-state index is 0.781. The van der Waals surface area contributed by atoms with Crippen LogP contribution >= 0.6 is 0 Å². The number of nitrogens with one attached hydrogen (secondary N) is 1. The molecule has 2 atom stereocenters. The largest absolute Gasteiger partial charge is 0.310 e. The molecule has 1 heteroatoms. The van der Waals surface area contributed by atoms with Crippen molar-refractivity contribution >= 4 is 0 Å². The third-order valence-corrected chi connectivity index (χ3v) is 2.14. The number of hydrogen-bond donors (Lipinski definition) is 1. The van der Waals surface area contributed by atoms with Crippen LogP contribution in [0.15, 0.2) is 12.7 Å². The molecule has 52 valence electrons. The van der Waals surface area contributed by atoms with E-state index in [2.05, 4.69) is 18.8 Å². The maximum atomic E-state index is 3.65. The van der Waals surface area contributed by atoms with Gasteiger partial charge in [0.15, 0.2) is 0 Å². The number of rotatable bonds is 3. The summed E-state index contributed by atoms with van der Waals surface area (Å²) in [4.78, 5) is 0. The Morgan fingerprint density at radius 3 is 2.78 bits per heavy atom. The summed E-state index contributed by atoms with van der Waals surface area (Å²) >= 11 is 0. The predicted molar refractivity (Wildman–Crippen MR) is 40.4 cm³/mol. The van der Waals surface area contributed by atoms with Crippen LogP contribution in [0.2, 0.25) is 0 Å². The molecule has 0 bridgehead atoms. The van der Waals surface area contributed by atoms with Gasteiger partial charge in [-0.25, -0.2) is 0 Å². The fourth-order valence-electron chi connectivity index (χ4n) is 1.20. The molecule has 0 aromatic carbocycles. The van der Waals surface area contributed by atoms with Crippen molar-refractivity contribution < 1.29 is 0 Å². The molecular formula is C8H15N. The lowest BCUT2D eigenvalue weighted by atomic mass is 9.81. The zero-order valence-electron chi connectivity index (χ0n) is 6.06. The Bertz CT molecular complexity index is 98.7. The molecular weight excluding hydrogens is 110 g/mol. The average Bonchev–Trinajstić information content (AvgIpc) is 1.86. The Kier molecular flexibility index (Phi) is 2.29. The Hall–Kier alpha value is -0.300. The van der Waals surface area contributed by atoms with Gasteiger partial charge >= 0.3 is 0 Å². The third kappa shape index (κ3) is 1.55. The van der Waals surface area contributed by atoms with E-state index in [9.17, 15) is 0 Å². The van der Waals surface area contributed by atoms with E-state index in [1.807, 2.05) is 6.08 Å². The van der Waals surface area contributed by atoms with Gasteiger partial charge in [-0.2, -0.15) is 0 Å². The molecule has 1 N–H and O–H groups in total. The summed E-state index contributed by atoms with van der Waals surface area (Å²) < 4.78 is 0. The lowest BCUT2D eigenvalue weighted by Gasteiger charge is -2.34. The molecule has 1 saturated carbocycles. The minimum Gasteiger partial charge on any atom is -0.310 e. The first-order chi connectivity index (χ1) is 4.34. The van der Waals surface area contributed by atoms with Gasteiger partial charge in [0.2, 0.25) is 0 Å². The van der Waals surface area contributed by atoms with Crippen molar-refractivity contribution in [2.24, 2.45) is 5.92 Å². The van der Waals surface area contributed by atoms with E-state index in [1.54, 1.807) is 0 Å². The summed E-state index contributed by atoms with van der Waals surface area (Å²) in [5.41, 5.74) is 0. The van der Waals surface area contributed by atoms with E-state index in [0.717, 1.165) is 18.5 Å². The first-order valence-electron chi connectivity index (χ1n) is 3.69. The zero-order valence-corrected chi connectivity index (χ0v) is 6.06. The number of hydrogen-bond acceptors (Lipinski definition) is 1. The Balaban J connectivity index is 2.06. The predicted octanol–water partition coefficient (Wildman–Crippen LogP) is 1.56. The average molecular weight is 125 g/mol. The van der Waals surface area contributed by atoms with Gasteiger partial charge < -0.3 is 5.32 Å². The van der Waals surface area contributed by atoms with Crippen LogP contribution in [0, 0.1) is 5.92 Å². The molecule has 0 radical (unpaired) electrons. The van der Waals surface area contributed by atoms with Crippen LogP contribution in [-0.4, -0.2) is 12.6 Å². The van der Waals surface area contributed by atoms with Crippen LogP contribution in [0.1, 0.15) is 19.8 Å². The van der Waals surface area contributed by atoms with Gasteiger partial charge in [0.25, 0.3) is 0 Å². The second kappa shape index (κ2) is 3.02. The van der Waals surface area contributed by atoms with Crippen LogP contribution in [0.25, 0.3) is 0 Å². The first kappa shape index (κ1) is 6.81. The fourth-order valence-corrected chi connectivity index (χ4v) is 1.20. The summed E-state index contributed by atoms with van der Waals surface area (Å²) in [5, 5.41) is 3.40. The molecule has 0 heterocycles. The zero-order chi connectivity index (χ0) is 6.69. The topological polar surface area (TPSA) is 12.0 Å². The molecule has 0 aliphatic heterocycles. The SMILES string of the molecule is C=CCN[C@@H]1CC[C@@H]1C. The summed E-state index contributed by atoms with van der Waals surface area (Å²) in [7, 11) is 0. The van der Waals surface area contributed by atoms with Crippen molar-refractivity contribution in [3.05, 3.63) is 12.7 Å². The van der Waals surface area contributed by atoms with E-state index < -0.39 is 0 Å². The fraction of sp³-hybridized carbons (Fsp3) is 0.750. The van der Waals surface area contributed by atoms with Crippen LogP contribution in [0.4, 0.5) is 0 Å². The molecule has 0 aromatic rings. The van der Waals surface area contributed by atoms with Crippen molar-refractivity contribution in [3.63, 3.8) is 0 Å². The molecule has 1 aliphatic rings. The lowest BCUT2D eigenvalue weighted by Crippen LogP contribution is -2.42. The third-order valence-electron chi connectivity index (χ3n) is 2.14. The normalized spacial score (nSPS) is 33.4. The van der Waals surface area contributed by atoms with Gasteiger partial charge in [-0.1, -0.05) is 13.0 Å². The molecule has 0 saturated heterocycles.